The molecule has 1 aliphatic carbocycles. The van der Waals surface area contributed by atoms with Gasteiger partial charge in [0.15, 0.2) is 0 Å². The van der Waals surface area contributed by atoms with Crippen molar-refractivity contribution >= 4 is 5.95 Å². The highest BCUT2D eigenvalue weighted by atomic mass is 16.5. The van der Waals surface area contributed by atoms with E-state index >= 15 is 0 Å². The topological polar surface area (TPSA) is 77.8 Å². The summed E-state index contributed by atoms with van der Waals surface area (Å²) in [6.07, 6.45) is 5.32. The van der Waals surface area contributed by atoms with E-state index in [-0.39, 0.29) is 6.01 Å². The SMILES string of the molecule is CCCNc1nc(OC)nc(-n2ccc(C3CC3)n2)n1. The maximum Gasteiger partial charge on any atom is 0.322 e. The van der Waals surface area contributed by atoms with Crippen LogP contribution in [0.15, 0.2) is 12.3 Å². The lowest BCUT2D eigenvalue weighted by Gasteiger charge is -2.07. The van der Waals surface area contributed by atoms with Gasteiger partial charge in [-0.3, -0.25) is 0 Å². The number of hydrogen-bond donors (Lipinski definition) is 1. The van der Waals surface area contributed by atoms with Crippen molar-refractivity contribution < 1.29 is 4.74 Å². The van der Waals surface area contributed by atoms with Gasteiger partial charge in [-0.1, -0.05) is 6.92 Å². The number of methoxy groups -OCH3 is 1. The molecular weight excluding hydrogens is 256 g/mol. The molecule has 0 amide bonds. The zero-order valence-corrected chi connectivity index (χ0v) is 11.7. The van der Waals surface area contributed by atoms with Crippen molar-refractivity contribution in [2.45, 2.75) is 32.1 Å². The van der Waals surface area contributed by atoms with Gasteiger partial charge in [0.25, 0.3) is 5.95 Å². The third-order valence-electron chi connectivity index (χ3n) is 3.13. The van der Waals surface area contributed by atoms with E-state index in [0.717, 1.165) is 18.7 Å². The van der Waals surface area contributed by atoms with Crippen LogP contribution in [0, 0.1) is 0 Å². The van der Waals surface area contributed by atoms with E-state index in [1.54, 1.807) is 11.8 Å². The Morgan fingerprint density at radius 2 is 2.20 bits per heavy atom. The lowest BCUT2D eigenvalue weighted by Crippen LogP contribution is -2.11. The molecule has 0 spiro atoms. The molecule has 0 bridgehead atoms. The summed E-state index contributed by atoms with van der Waals surface area (Å²) in [5.41, 5.74) is 1.10. The Labute approximate surface area is 117 Å². The van der Waals surface area contributed by atoms with E-state index in [2.05, 4.69) is 32.3 Å². The molecule has 0 aliphatic heterocycles. The number of ether oxygens (including phenoxy) is 1. The molecule has 1 aliphatic rings. The minimum absolute atomic E-state index is 0.289. The first-order valence-corrected chi connectivity index (χ1v) is 6.90. The predicted molar refractivity (Wildman–Crippen MR) is 74.3 cm³/mol. The number of hydrogen-bond acceptors (Lipinski definition) is 6. The Hall–Kier alpha value is -2.18. The lowest BCUT2D eigenvalue weighted by molar-refractivity contribution is 0.377. The first kappa shape index (κ1) is 12.8. The fourth-order valence-corrected chi connectivity index (χ4v) is 1.90. The van der Waals surface area contributed by atoms with Gasteiger partial charge in [0.05, 0.1) is 12.8 Å². The van der Waals surface area contributed by atoms with Crippen LogP contribution in [0.5, 0.6) is 6.01 Å². The number of aromatic nitrogens is 5. The largest absolute Gasteiger partial charge is 0.467 e. The molecule has 106 valence electrons. The Bertz CT molecular complexity index is 592. The van der Waals surface area contributed by atoms with Crippen molar-refractivity contribution in [3.8, 4) is 12.0 Å². The van der Waals surface area contributed by atoms with Gasteiger partial charge < -0.3 is 10.1 Å². The van der Waals surface area contributed by atoms with Crippen LogP contribution in [0.4, 0.5) is 5.95 Å². The summed E-state index contributed by atoms with van der Waals surface area (Å²) < 4.78 is 6.80. The van der Waals surface area contributed by atoms with Crippen LogP contribution in [0.3, 0.4) is 0 Å². The third kappa shape index (κ3) is 2.71. The molecule has 2 aromatic heterocycles. The normalized spacial score (nSPS) is 14.3. The summed E-state index contributed by atoms with van der Waals surface area (Å²) >= 11 is 0. The Balaban J connectivity index is 1.89. The van der Waals surface area contributed by atoms with Crippen molar-refractivity contribution in [1.29, 1.82) is 0 Å². The predicted octanol–water partition coefficient (Wildman–Crippen LogP) is 1.77. The van der Waals surface area contributed by atoms with E-state index in [4.69, 9.17) is 4.74 Å². The van der Waals surface area contributed by atoms with Gasteiger partial charge in [0, 0.05) is 18.7 Å². The zero-order valence-electron chi connectivity index (χ0n) is 11.7. The van der Waals surface area contributed by atoms with E-state index < -0.39 is 0 Å². The lowest BCUT2D eigenvalue weighted by atomic mass is 10.3. The van der Waals surface area contributed by atoms with Crippen LogP contribution >= 0.6 is 0 Å². The molecule has 0 atom stereocenters. The number of nitrogens with zero attached hydrogens (tertiary/aromatic N) is 5. The first-order chi connectivity index (χ1) is 9.80. The van der Waals surface area contributed by atoms with Crippen molar-refractivity contribution in [3.05, 3.63) is 18.0 Å². The summed E-state index contributed by atoms with van der Waals surface area (Å²) in [6, 6.07) is 2.31. The smallest absolute Gasteiger partial charge is 0.322 e. The van der Waals surface area contributed by atoms with Gasteiger partial charge in [0.1, 0.15) is 0 Å². The van der Waals surface area contributed by atoms with Crippen LogP contribution in [0.25, 0.3) is 5.95 Å². The van der Waals surface area contributed by atoms with Crippen LogP contribution in [0.2, 0.25) is 0 Å². The molecule has 1 N–H and O–H groups in total. The van der Waals surface area contributed by atoms with E-state index in [1.165, 1.54) is 12.8 Å². The van der Waals surface area contributed by atoms with Gasteiger partial charge in [-0.15, -0.1) is 0 Å². The molecule has 0 radical (unpaired) electrons. The van der Waals surface area contributed by atoms with Crippen LogP contribution < -0.4 is 10.1 Å². The molecule has 0 aromatic carbocycles. The molecule has 3 rings (SSSR count). The van der Waals surface area contributed by atoms with Crippen molar-refractivity contribution in [1.82, 2.24) is 24.7 Å². The highest BCUT2D eigenvalue weighted by Crippen LogP contribution is 2.38. The second kappa shape index (κ2) is 5.44. The van der Waals surface area contributed by atoms with Gasteiger partial charge in [-0.05, 0) is 25.3 Å². The van der Waals surface area contributed by atoms with Crippen LogP contribution in [-0.4, -0.2) is 38.4 Å². The number of nitrogens with one attached hydrogen (secondary N) is 1. The fourth-order valence-electron chi connectivity index (χ4n) is 1.90. The Kier molecular flexibility index (Phi) is 3.49. The standard InChI is InChI=1S/C13H18N6O/c1-3-7-14-11-15-12(17-13(16-11)20-2)19-8-6-10(18-19)9-4-5-9/h6,8-9H,3-5,7H2,1-2H3,(H,14,15,16,17). The van der Waals surface area contributed by atoms with Gasteiger partial charge in [-0.2, -0.15) is 20.1 Å². The highest BCUT2D eigenvalue weighted by Gasteiger charge is 2.26. The fraction of sp³-hybridized carbons (Fsp3) is 0.538. The van der Waals surface area contributed by atoms with E-state index in [9.17, 15) is 0 Å². The average molecular weight is 274 g/mol. The summed E-state index contributed by atoms with van der Waals surface area (Å²) in [7, 11) is 1.54. The maximum atomic E-state index is 5.12. The van der Waals surface area contributed by atoms with Gasteiger partial charge in [0.2, 0.25) is 5.95 Å². The summed E-state index contributed by atoms with van der Waals surface area (Å²) in [4.78, 5) is 12.8. The minimum Gasteiger partial charge on any atom is -0.467 e. The van der Waals surface area contributed by atoms with Crippen LogP contribution in [-0.2, 0) is 0 Å². The Morgan fingerprint density at radius 3 is 2.90 bits per heavy atom. The molecule has 1 fully saturated rings. The minimum atomic E-state index is 0.289. The zero-order chi connectivity index (χ0) is 13.9. The first-order valence-electron chi connectivity index (χ1n) is 6.90. The summed E-state index contributed by atoms with van der Waals surface area (Å²) in [6.45, 7) is 2.89. The number of anilines is 1. The van der Waals surface area contributed by atoms with E-state index in [1.807, 2.05) is 12.3 Å². The van der Waals surface area contributed by atoms with Crippen molar-refractivity contribution in [2.75, 3.05) is 19.0 Å². The molecule has 0 unspecified atom stereocenters. The third-order valence-corrected chi connectivity index (χ3v) is 3.13. The Morgan fingerprint density at radius 1 is 1.35 bits per heavy atom. The quantitative estimate of drug-likeness (QED) is 0.865. The molecule has 2 heterocycles. The molecule has 2 aromatic rings. The summed E-state index contributed by atoms with van der Waals surface area (Å²) in [5.74, 6) is 1.59. The van der Waals surface area contributed by atoms with E-state index in [0.29, 0.717) is 17.8 Å². The van der Waals surface area contributed by atoms with Gasteiger partial charge in [-0.25, -0.2) is 4.68 Å². The molecule has 20 heavy (non-hydrogen) atoms. The maximum absolute atomic E-state index is 5.12. The van der Waals surface area contributed by atoms with Crippen molar-refractivity contribution in [3.63, 3.8) is 0 Å². The molecule has 1 saturated carbocycles. The molecule has 0 saturated heterocycles. The average Bonchev–Trinajstić information content (AvgIpc) is 3.22. The monoisotopic (exact) mass is 274 g/mol. The molecule has 7 nitrogen and oxygen atoms in total. The second-order valence-electron chi connectivity index (χ2n) is 4.83. The summed E-state index contributed by atoms with van der Waals surface area (Å²) in [5, 5.41) is 7.66. The molecule has 7 heteroatoms. The molecular formula is C13H18N6O. The van der Waals surface area contributed by atoms with Crippen molar-refractivity contribution in [2.24, 2.45) is 0 Å². The van der Waals surface area contributed by atoms with Crippen LogP contribution in [0.1, 0.15) is 37.8 Å². The van der Waals surface area contributed by atoms with Gasteiger partial charge >= 0.3 is 6.01 Å². The number of rotatable bonds is 6. The highest BCUT2D eigenvalue weighted by molar-refractivity contribution is 5.30. The second-order valence-corrected chi connectivity index (χ2v) is 4.83.